The number of thiophene rings is 1. The predicted molar refractivity (Wildman–Crippen MR) is 88.4 cm³/mol. The van der Waals surface area contributed by atoms with Gasteiger partial charge in [0.25, 0.3) is 0 Å². The quantitative estimate of drug-likeness (QED) is 0.659. The maximum absolute atomic E-state index is 6.27. The first-order valence-corrected chi connectivity index (χ1v) is 8.73. The van der Waals surface area contributed by atoms with Crippen LogP contribution < -0.4 is 0 Å². The first kappa shape index (κ1) is 14.2. The van der Waals surface area contributed by atoms with Crippen LogP contribution in [0.2, 0.25) is 4.34 Å². The molecule has 1 aliphatic heterocycles. The lowest BCUT2D eigenvalue weighted by atomic mass is 9.75. The highest BCUT2D eigenvalue weighted by molar-refractivity contribution is 7.16. The topological polar surface area (TPSA) is 3.24 Å². The Bertz CT molecular complexity index is 513. The average Bonchev–Trinajstić information content (AvgIpc) is 2.86. The zero-order chi connectivity index (χ0) is 14.1. The molecule has 1 aliphatic carbocycles. The molecule has 1 nitrogen and oxygen atoms in total. The maximum atomic E-state index is 6.27. The number of nitrogens with zero attached hydrogens (tertiary/aromatic N) is 1. The van der Waals surface area contributed by atoms with E-state index in [2.05, 4.69) is 24.1 Å². The van der Waals surface area contributed by atoms with Crippen LogP contribution in [0.25, 0.3) is 0 Å². The lowest BCUT2D eigenvalue weighted by Gasteiger charge is -2.39. The largest absolute Gasteiger partial charge is 0.366 e. The summed E-state index contributed by atoms with van der Waals surface area (Å²) < 4.78 is 0.932. The van der Waals surface area contributed by atoms with Gasteiger partial charge in [-0.2, -0.15) is 0 Å². The van der Waals surface area contributed by atoms with Crippen molar-refractivity contribution in [3.8, 4) is 0 Å². The molecule has 3 heteroatoms. The number of hydrogen-bond acceptors (Lipinski definition) is 2. The van der Waals surface area contributed by atoms with Crippen LogP contribution >= 0.6 is 22.9 Å². The van der Waals surface area contributed by atoms with Crippen LogP contribution in [-0.4, -0.2) is 11.4 Å². The number of halogens is 1. The van der Waals surface area contributed by atoms with Gasteiger partial charge in [-0.25, -0.2) is 0 Å². The Morgan fingerprint density at radius 1 is 1.35 bits per heavy atom. The van der Waals surface area contributed by atoms with Gasteiger partial charge in [0.2, 0.25) is 0 Å². The number of rotatable bonds is 3. The minimum atomic E-state index is 0.625. The first-order valence-electron chi connectivity index (χ1n) is 7.53. The molecule has 1 atom stereocenters. The Balaban J connectivity index is 1.90. The van der Waals surface area contributed by atoms with Gasteiger partial charge in [-0.1, -0.05) is 44.0 Å². The van der Waals surface area contributed by atoms with Gasteiger partial charge in [0, 0.05) is 23.0 Å². The molecule has 0 N–H and O–H groups in total. The number of fused-ring (bicyclic) bond motifs is 1. The summed E-state index contributed by atoms with van der Waals surface area (Å²) in [5.41, 5.74) is 2.56. The van der Waals surface area contributed by atoms with E-state index in [4.69, 9.17) is 11.6 Å². The molecule has 1 fully saturated rings. The Hall–Kier alpha value is -0.730. The Labute approximate surface area is 130 Å². The summed E-state index contributed by atoms with van der Waals surface area (Å²) >= 11 is 8.01. The van der Waals surface area contributed by atoms with Crippen molar-refractivity contribution >= 4 is 22.9 Å². The zero-order valence-corrected chi connectivity index (χ0v) is 13.5. The van der Waals surface area contributed by atoms with Crippen LogP contribution in [0.15, 0.2) is 31.0 Å². The predicted octanol–water partition coefficient (Wildman–Crippen LogP) is 5.58. The minimum Gasteiger partial charge on any atom is -0.366 e. The molecule has 1 aromatic rings. The summed E-state index contributed by atoms with van der Waals surface area (Å²) in [6.07, 6.45) is 8.78. The van der Waals surface area contributed by atoms with E-state index in [0.717, 1.165) is 29.0 Å². The first-order chi connectivity index (χ1) is 9.69. The second kappa shape index (κ2) is 5.95. The van der Waals surface area contributed by atoms with Gasteiger partial charge in [-0.3, -0.25) is 0 Å². The molecule has 3 rings (SSSR count). The minimum absolute atomic E-state index is 0.625. The van der Waals surface area contributed by atoms with E-state index in [1.54, 1.807) is 11.3 Å². The van der Waals surface area contributed by atoms with E-state index in [9.17, 15) is 0 Å². The lowest BCUT2D eigenvalue weighted by Crippen LogP contribution is -2.35. The van der Waals surface area contributed by atoms with Gasteiger partial charge in [0.05, 0.1) is 10.9 Å². The molecule has 1 aromatic heterocycles. The average molecular weight is 308 g/mol. The number of allylic oxidation sites excluding steroid dienone is 1. The molecule has 108 valence electrons. The van der Waals surface area contributed by atoms with Crippen molar-refractivity contribution in [2.45, 2.75) is 44.6 Å². The van der Waals surface area contributed by atoms with E-state index in [0.29, 0.717) is 5.92 Å². The van der Waals surface area contributed by atoms with E-state index >= 15 is 0 Å². The standard InChI is InChI=1S/C17H22ClNS/c1-3-12(2)19-10-15(13-7-5-4-6-8-13)14-9-17(18)20-16(14)11-19/h3,9,13,15H,1-2,4-8,10-11H2. The molecular formula is C17H22ClNS. The van der Waals surface area contributed by atoms with Crippen molar-refractivity contribution in [3.05, 3.63) is 45.8 Å². The molecule has 0 radical (unpaired) electrons. The summed E-state index contributed by atoms with van der Waals surface area (Å²) in [6, 6.07) is 2.22. The fourth-order valence-electron chi connectivity index (χ4n) is 3.71. The highest BCUT2D eigenvalue weighted by Gasteiger charge is 2.33. The maximum Gasteiger partial charge on any atom is 0.0934 e. The van der Waals surface area contributed by atoms with Crippen molar-refractivity contribution in [2.24, 2.45) is 5.92 Å². The van der Waals surface area contributed by atoms with Gasteiger partial charge < -0.3 is 4.90 Å². The third-order valence-corrected chi connectivity index (χ3v) is 6.09. The number of hydrogen-bond donors (Lipinski definition) is 0. The van der Waals surface area contributed by atoms with Gasteiger partial charge in [-0.15, -0.1) is 11.3 Å². The van der Waals surface area contributed by atoms with Gasteiger partial charge in [-0.05, 0) is 36.5 Å². The van der Waals surface area contributed by atoms with E-state index in [-0.39, 0.29) is 0 Å². The molecule has 0 bridgehead atoms. The van der Waals surface area contributed by atoms with Crippen LogP contribution in [0.3, 0.4) is 0 Å². The summed E-state index contributed by atoms with van der Waals surface area (Å²) in [7, 11) is 0. The highest BCUT2D eigenvalue weighted by atomic mass is 35.5. The van der Waals surface area contributed by atoms with E-state index < -0.39 is 0 Å². The van der Waals surface area contributed by atoms with Crippen molar-refractivity contribution in [1.82, 2.24) is 4.90 Å². The highest BCUT2D eigenvalue weighted by Crippen LogP contribution is 2.45. The van der Waals surface area contributed by atoms with Gasteiger partial charge in [0.15, 0.2) is 0 Å². The molecule has 0 aromatic carbocycles. The van der Waals surface area contributed by atoms with Crippen LogP contribution in [0.1, 0.15) is 48.5 Å². The molecule has 0 amide bonds. The molecule has 1 saturated carbocycles. The Morgan fingerprint density at radius 2 is 2.10 bits per heavy atom. The monoisotopic (exact) mass is 307 g/mol. The van der Waals surface area contributed by atoms with E-state index in [1.807, 2.05) is 6.08 Å². The third-order valence-electron chi connectivity index (χ3n) is 4.82. The molecular weight excluding hydrogens is 286 g/mol. The SMILES string of the molecule is C=CC(=C)N1Cc2sc(Cl)cc2C(C2CCCCC2)C1. The Kier molecular flexibility index (Phi) is 4.23. The molecule has 2 heterocycles. The molecule has 0 saturated heterocycles. The van der Waals surface area contributed by atoms with Crippen molar-refractivity contribution in [3.63, 3.8) is 0 Å². The summed E-state index contributed by atoms with van der Waals surface area (Å²) in [5, 5.41) is 0. The van der Waals surface area contributed by atoms with Crippen molar-refractivity contribution < 1.29 is 0 Å². The molecule has 0 spiro atoms. The van der Waals surface area contributed by atoms with Crippen LogP contribution in [0.5, 0.6) is 0 Å². The molecule has 2 aliphatic rings. The summed E-state index contributed by atoms with van der Waals surface area (Å²) in [4.78, 5) is 3.81. The fraction of sp³-hybridized carbons (Fsp3) is 0.529. The van der Waals surface area contributed by atoms with Gasteiger partial charge >= 0.3 is 0 Å². The van der Waals surface area contributed by atoms with Crippen molar-refractivity contribution in [2.75, 3.05) is 6.54 Å². The van der Waals surface area contributed by atoms with Crippen LogP contribution in [0.4, 0.5) is 0 Å². The normalized spacial score (nSPS) is 23.4. The zero-order valence-electron chi connectivity index (χ0n) is 11.9. The van der Waals surface area contributed by atoms with Crippen LogP contribution in [0, 0.1) is 5.92 Å². The van der Waals surface area contributed by atoms with E-state index in [1.165, 1.54) is 42.5 Å². The fourth-order valence-corrected chi connectivity index (χ4v) is 5.07. The Morgan fingerprint density at radius 3 is 2.80 bits per heavy atom. The summed E-state index contributed by atoms with van der Waals surface area (Å²) in [5.74, 6) is 1.44. The van der Waals surface area contributed by atoms with Crippen molar-refractivity contribution in [1.29, 1.82) is 0 Å². The summed E-state index contributed by atoms with van der Waals surface area (Å²) in [6.45, 7) is 10.0. The molecule has 1 unspecified atom stereocenters. The van der Waals surface area contributed by atoms with Gasteiger partial charge in [0.1, 0.15) is 0 Å². The second-order valence-electron chi connectivity index (χ2n) is 6.01. The lowest BCUT2D eigenvalue weighted by molar-refractivity contribution is 0.221. The second-order valence-corrected chi connectivity index (χ2v) is 7.78. The molecule has 20 heavy (non-hydrogen) atoms. The van der Waals surface area contributed by atoms with Crippen LogP contribution in [-0.2, 0) is 6.54 Å². The third kappa shape index (κ3) is 2.68. The smallest absolute Gasteiger partial charge is 0.0934 e.